The molecule has 1 amide bonds. The van der Waals surface area contributed by atoms with Crippen LogP contribution in [0.25, 0.3) is 0 Å². The normalized spacial score (nSPS) is 12.4. The highest BCUT2D eigenvalue weighted by atomic mass is 32.2. The number of amidine groups is 1. The molecule has 3 rings (SSSR count). The van der Waals surface area contributed by atoms with Gasteiger partial charge in [-0.25, -0.2) is 4.99 Å². The molecule has 2 aromatic rings. The van der Waals surface area contributed by atoms with E-state index in [9.17, 15) is 4.79 Å². The average molecular weight is 434 g/mol. The molecule has 0 saturated heterocycles. The van der Waals surface area contributed by atoms with Crippen LogP contribution in [0.5, 0.6) is 11.5 Å². The van der Waals surface area contributed by atoms with Gasteiger partial charge in [-0.15, -0.1) is 0 Å². The molecule has 0 saturated carbocycles. The molecule has 1 aliphatic carbocycles. The van der Waals surface area contributed by atoms with Gasteiger partial charge in [-0.2, -0.15) is 0 Å². The summed E-state index contributed by atoms with van der Waals surface area (Å²) in [7, 11) is 0. The highest BCUT2D eigenvalue weighted by Gasteiger charge is 2.11. The zero-order valence-electron chi connectivity index (χ0n) is 17.1. The highest BCUT2D eigenvalue weighted by molar-refractivity contribution is 8.13. The Morgan fingerprint density at radius 3 is 2.74 bits per heavy atom. The molecular formula is C24H23N3O3S. The number of aliphatic imine (C=N–C) groups is 1. The molecule has 3 N–H and O–H groups in total. The Labute approximate surface area is 186 Å². The predicted molar refractivity (Wildman–Crippen MR) is 126 cm³/mol. The van der Waals surface area contributed by atoms with Gasteiger partial charge in [0.25, 0.3) is 5.91 Å². The second-order valence-corrected chi connectivity index (χ2v) is 7.20. The van der Waals surface area contributed by atoms with Gasteiger partial charge >= 0.3 is 0 Å². The van der Waals surface area contributed by atoms with Crippen molar-refractivity contribution >= 4 is 28.5 Å². The van der Waals surface area contributed by atoms with Crippen molar-refractivity contribution in [1.29, 1.82) is 0 Å². The molecule has 0 unspecified atom stereocenters. The van der Waals surface area contributed by atoms with E-state index in [1.807, 2.05) is 54.8 Å². The molecule has 0 fully saturated rings. The lowest BCUT2D eigenvalue weighted by Gasteiger charge is -2.12. The second-order valence-electron chi connectivity index (χ2n) is 6.37. The van der Waals surface area contributed by atoms with Crippen molar-refractivity contribution in [3.05, 3.63) is 77.9 Å². The van der Waals surface area contributed by atoms with Gasteiger partial charge in [0.1, 0.15) is 17.2 Å². The van der Waals surface area contributed by atoms with Crippen LogP contribution >= 0.6 is 11.8 Å². The van der Waals surface area contributed by atoms with Gasteiger partial charge in [-0.3, -0.25) is 4.79 Å². The Morgan fingerprint density at radius 1 is 1.23 bits per heavy atom. The molecule has 0 spiro atoms. The van der Waals surface area contributed by atoms with Crippen molar-refractivity contribution in [2.45, 2.75) is 6.42 Å². The van der Waals surface area contributed by atoms with Crippen molar-refractivity contribution in [2.75, 3.05) is 19.6 Å². The number of hydrogen-bond donors (Lipinski definition) is 2. The lowest BCUT2D eigenvalue weighted by Crippen LogP contribution is -2.24. The SMILES string of the molecule is CSC(N)=Nc1ccc(C(=O)NCC/C=C\C2=CC#C2)cc1OCOc1ccccc1. The zero-order valence-corrected chi connectivity index (χ0v) is 17.9. The first-order chi connectivity index (χ1) is 15.2. The van der Waals surface area contributed by atoms with Crippen LogP contribution in [0, 0.1) is 11.8 Å². The van der Waals surface area contributed by atoms with E-state index in [0.29, 0.717) is 40.9 Å². The maximum absolute atomic E-state index is 12.5. The van der Waals surface area contributed by atoms with E-state index in [-0.39, 0.29) is 12.7 Å². The van der Waals surface area contributed by atoms with Gasteiger partial charge in [0.2, 0.25) is 6.79 Å². The minimum atomic E-state index is -0.196. The van der Waals surface area contributed by atoms with Gasteiger partial charge in [0.05, 0.1) is 0 Å². The van der Waals surface area contributed by atoms with Crippen LogP contribution in [0.4, 0.5) is 5.69 Å². The van der Waals surface area contributed by atoms with Gasteiger partial charge in [-0.05, 0) is 49.1 Å². The number of thioether (sulfide) groups is 1. The highest BCUT2D eigenvalue weighted by Crippen LogP contribution is 2.29. The number of ether oxygens (including phenoxy) is 2. The third-order valence-corrected chi connectivity index (χ3v) is 4.69. The summed E-state index contributed by atoms with van der Waals surface area (Å²) in [5.41, 5.74) is 7.85. The van der Waals surface area contributed by atoms with Crippen LogP contribution in [-0.2, 0) is 0 Å². The van der Waals surface area contributed by atoms with Gasteiger partial charge in [-0.1, -0.05) is 47.9 Å². The van der Waals surface area contributed by atoms with Crippen molar-refractivity contribution in [3.8, 4) is 23.3 Å². The fraction of sp³-hybridized carbons (Fsp3) is 0.167. The molecule has 2 aromatic carbocycles. The molecule has 0 bridgehead atoms. The number of carbonyl (C=O) groups is 1. The molecule has 158 valence electrons. The van der Waals surface area contributed by atoms with Crippen LogP contribution in [0.2, 0.25) is 0 Å². The third kappa shape index (κ3) is 6.98. The Bertz CT molecular complexity index is 1070. The number of nitrogens with one attached hydrogen (secondary N) is 1. The van der Waals surface area contributed by atoms with Gasteiger partial charge < -0.3 is 20.5 Å². The third-order valence-electron chi connectivity index (χ3n) is 4.18. The average Bonchev–Trinajstić information content (AvgIpc) is 2.76. The molecule has 6 nitrogen and oxygen atoms in total. The summed E-state index contributed by atoms with van der Waals surface area (Å²) in [6, 6.07) is 14.4. The van der Waals surface area contributed by atoms with Gasteiger partial charge in [0, 0.05) is 23.8 Å². The minimum absolute atomic E-state index is 0.0275. The van der Waals surface area contributed by atoms with Gasteiger partial charge in [0.15, 0.2) is 5.17 Å². The summed E-state index contributed by atoms with van der Waals surface area (Å²) < 4.78 is 11.4. The molecule has 0 aliphatic heterocycles. The zero-order chi connectivity index (χ0) is 21.9. The fourth-order valence-electron chi connectivity index (χ4n) is 2.53. The summed E-state index contributed by atoms with van der Waals surface area (Å²) in [5.74, 6) is 6.64. The van der Waals surface area contributed by atoms with E-state index in [2.05, 4.69) is 22.2 Å². The predicted octanol–water partition coefficient (Wildman–Crippen LogP) is 4.03. The summed E-state index contributed by atoms with van der Waals surface area (Å²) in [6.45, 7) is 0.489. The number of carbonyl (C=O) groups excluding carboxylic acids is 1. The monoisotopic (exact) mass is 433 g/mol. The summed E-state index contributed by atoms with van der Waals surface area (Å²) >= 11 is 1.33. The molecule has 0 radical (unpaired) electrons. The first kappa shape index (κ1) is 22.1. The number of hydrogen-bond acceptors (Lipinski definition) is 5. The number of allylic oxidation sites excluding steroid dienone is 3. The van der Waals surface area contributed by atoms with Crippen LogP contribution < -0.4 is 20.5 Å². The number of nitrogens with two attached hydrogens (primary N) is 1. The minimum Gasteiger partial charge on any atom is -0.458 e. The Balaban J connectivity index is 1.62. The molecule has 31 heavy (non-hydrogen) atoms. The van der Waals surface area contributed by atoms with Crippen molar-refractivity contribution < 1.29 is 14.3 Å². The number of rotatable bonds is 10. The van der Waals surface area contributed by atoms with Crippen LogP contribution in [0.3, 0.4) is 0 Å². The molecular weight excluding hydrogens is 410 g/mol. The summed E-state index contributed by atoms with van der Waals surface area (Å²) in [6.07, 6.45) is 8.34. The van der Waals surface area contributed by atoms with Crippen molar-refractivity contribution in [2.24, 2.45) is 10.7 Å². The van der Waals surface area contributed by atoms with Crippen LogP contribution in [0.1, 0.15) is 16.8 Å². The van der Waals surface area contributed by atoms with Crippen LogP contribution in [0.15, 0.2) is 77.3 Å². The summed E-state index contributed by atoms with van der Waals surface area (Å²) in [4.78, 5) is 16.9. The number of para-hydroxylation sites is 1. The lowest BCUT2D eigenvalue weighted by molar-refractivity contribution is 0.0951. The topological polar surface area (TPSA) is 85.9 Å². The maximum atomic E-state index is 12.5. The molecule has 1 aliphatic rings. The standard InChI is InChI=1S/C24H23N3O3S/c1-31-24(25)27-21-14-13-19(23(28)26-15-6-5-8-18-9-7-10-18)16-22(21)30-17-29-20-11-3-2-4-12-20/h2-5,8-9,11-14,16H,6,15,17H2,1H3,(H2,25,27)(H,26,28)/b8-5-. The van der Waals surface area contributed by atoms with E-state index in [0.717, 1.165) is 5.57 Å². The Morgan fingerprint density at radius 2 is 2.03 bits per heavy atom. The van der Waals surface area contributed by atoms with E-state index in [1.165, 1.54) is 11.8 Å². The Hall–Kier alpha value is -3.63. The van der Waals surface area contributed by atoms with E-state index in [4.69, 9.17) is 15.2 Å². The second kappa shape index (κ2) is 11.5. The molecule has 0 aromatic heterocycles. The Kier molecular flexibility index (Phi) is 8.21. The number of nitrogens with zero attached hydrogens (tertiary/aromatic N) is 1. The largest absolute Gasteiger partial charge is 0.458 e. The van der Waals surface area contributed by atoms with E-state index < -0.39 is 0 Å². The first-order valence-corrected chi connectivity index (χ1v) is 10.9. The summed E-state index contributed by atoms with van der Waals surface area (Å²) in [5, 5.41) is 3.28. The molecule has 0 heterocycles. The smallest absolute Gasteiger partial charge is 0.251 e. The number of benzene rings is 2. The van der Waals surface area contributed by atoms with Crippen molar-refractivity contribution in [3.63, 3.8) is 0 Å². The van der Waals surface area contributed by atoms with Crippen LogP contribution in [-0.4, -0.2) is 30.7 Å². The van der Waals surface area contributed by atoms with E-state index in [1.54, 1.807) is 18.2 Å². The fourth-order valence-corrected chi connectivity index (χ4v) is 2.72. The molecule has 0 atom stereocenters. The lowest BCUT2D eigenvalue weighted by atomic mass is 10.1. The maximum Gasteiger partial charge on any atom is 0.251 e. The van der Waals surface area contributed by atoms with E-state index >= 15 is 0 Å². The number of amides is 1. The molecule has 7 heteroatoms. The quantitative estimate of drug-likeness (QED) is 0.194. The first-order valence-electron chi connectivity index (χ1n) is 9.65. The van der Waals surface area contributed by atoms with Crippen molar-refractivity contribution in [1.82, 2.24) is 5.32 Å².